The lowest BCUT2D eigenvalue weighted by Crippen LogP contribution is -2.38. The van der Waals surface area contributed by atoms with E-state index in [-0.39, 0.29) is 11.5 Å². The van der Waals surface area contributed by atoms with E-state index in [1.807, 2.05) is 23.5 Å². The summed E-state index contributed by atoms with van der Waals surface area (Å²) in [7, 11) is 0. The largest absolute Gasteiger partial charge is 0.339 e. The van der Waals surface area contributed by atoms with E-state index in [1.165, 1.54) is 11.5 Å². The SMILES string of the molecule is CC1(c2nc(C3CSCCS3)no2)CCCC1N. The number of aromatic nitrogens is 2. The highest BCUT2D eigenvalue weighted by Gasteiger charge is 2.43. The molecule has 1 aromatic rings. The molecule has 1 aromatic heterocycles. The molecule has 2 N–H and O–H groups in total. The maximum Gasteiger partial charge on any atom is 0.234 e. The zero-order valence-electron chi connectivity index (χ0n) is 10.6. The molecule has 0 amide bonds. The average Bonchev–Trinajstić information content (AvgIpc) is 3.00. The lowest BCUT2D eigenvalue weighted by Gasteiger charge is -2.24. The van der Waals surface area contributed by atoms with Gasteiger partial charge in [-0.2, -0.15) is 16.7 Å². The standard InChI is InChI=1S/C12H19N3OS2/c1-12(4-2-3-9(12)13)11-14-10(15-16-11)8-7-17-5-6-18-8/h8-9H,2-7,13H2,1H3. The van der Waals surface area contributed by atoms with Crippen molar-refractivity contribution in [2.45, 2.75) is 42.9 Å². The maximum absolute atomic E-state index is 6.20. The zero-order chi connectivity index (χ0) is 12.6. The summed E-state index contributed by atoms with van der Waals surface area (Å²) < 4.78 is 5.51. The van der Waals surface area contributed by atoms with Crippen LogP contribution in [-0.2, 0) is 5.41 Å². The van der Waals surface area contributed by atoms with Crippen molar-refractivity contribution < 1.29 is 4.52 Å². The summed E-state index contributed by atoms with van der Waals surface area (Å²) in [5, 5.41) is 4.58. The van der Waals surface area contributed by atoms with Gasteiger partial charge in [-0.15, -0.1) is 11.8 Å². The highest BCUT2D eigenvalue weighted by Crippen LogP contribution is 2.41. The molecule has 0 radical (unpaired) electrons. The smallest absolute Gasteiger partial charge is 0.234 e. The third kappa shape index (κ3) is 2.18. The molecule has 1 saturated carbocycles. The van der Waals surface area contributed by atoms with Crippen molar-refractivity contribution in [2.75, 3.05) is 17.3 Å². The van der Waals surface area contributed by atoms with Crippen LogP contribution in [-0.4, -0.2) is 33.4 Å². The Morgan fingerprint density at radius 2 is 2.33 bits per heavy atom. The predicted octanol–water partition coefficient (Wildman–Crippen LogP) is 2.36. The molecule has 0 aromatic carbocycles. The topological polar surface area (TPSA) is 64.9 Å². The molecule has 1 saturated heterocycles. The minimum atomic E-state index is -0.113. The van der Waals surface area contributed by atoms with Gasteiger partial charge in [-0.25, -0.2) is 0 Å². The first-order chi connectivity index (χ1) is 8.70. The fourth-order valence-corrected chi connectivity index (χ4v) is 5.28. The number of thioether (sulfide) groups is 2. The van der Waals surface area contributed by atoms with Crippen LogP contribution >= 0.6 is 23.5 Å². The van der Waals surface area contributed by atoms with Crippen LogP contribution in [0.3, 0.4) is 0 Å². The molecular weight excluding hydrogens is 266 g/mol. The first kappa shape index (κ1) is 12.8. The van der Waals surface area contributed by atoms with Gasteiger partial charge in [0, 0.05) is 23.3 Å². The first-order valence-electron chi connectivity index (χ1n) is 6.49. The second kappa shape index (κ2) is 5.06. The van der Waals surface area contributed by atoms with Gasteiger partial charge in [0.2, 0.25) is 5.89 Å². The van der Waals surface area contributed by atoms with Crippen LogP contribution in [0.25, 0.3) is 0 Å². The molecule has 0 bridgehead atoms. The van der Waals surface area contributed by atoms with E-state index in [4.69, 9.17) is 10.3 Å². The lowest BCUT2D eigenvalue weighted by atomic mass is 9.85. The van der Waals surface area contributed by atoms with E-state index in [1.54, 1.807) is 0 Å². The van der Waals surface area contributed by atoms with Crippen LogP contribution in [0.4, 0.5) is 0 Å². The van der Waals surface area contributed by atoms with Crippen molar-refractivity contribution in [2.24, 2.45) is 5.73 Å². The Hall–Kier alpha value is -0.200. The van der Waals surface area contributed by atoms with E-state index in [0.29, 0.717) is 5.25 Å². The molecule has 2 aliphatic rings. The summed E-state index contributed by atoms with van der Waals surface area (Å²) in [6.45, 7) is 2.16. The normalized spacial score (nSPS) is 37.0. The number of hydrogen-bond acceptors (Lipinski definition) is 6. The van der Waals surface area contributed by atoms with Crippen LogP contribution in [0.15, 0.2) is 4.52 Å². The van der Waals surface area contributed by atoms with Gasteiger partial charge < -0.3 is 10.3 Å². The molecular formula is C12H19N3OS2. The van der Waals surface area contributed by atoms with Crippen LogP contribution in [0.5, 0.6) is 0 Å². The monoisotopic (exact) mass is 285 g/mol. The average molecular weight is 285 g/mol. The van der Waals surface area contributed by atoms with Crippen molar-refractivity contribution in [3.63, 3.8) is 0 Å². The fraction of sp³-hybridized carbons (Fsp3) is 0.833. The molecule has 3 rings (SSSR count). The summed E-state index contributed by atoms with van der Waals surface area (Å²) in [5.74, 6) is 5.11. The maximum atomic E-state index is 6.20. The Labute approximate surface area is 116 Å². The molecule has 0 spiro atoms. The van der Waals surface area contributed by atoms with E-state index >= 15 is 0 Å². The highest BCUT2D eigenvalue weighted by atomic mass is 32.2. The second-order valence-corrected chi connectivity index (χ2v) is 7.77. The third-order valence-corrected chi connectivity index (χ3v) is 6.81. The summed E-state index contributed by atoms with van der Waals surface area (Å²) in [6.07, 6.45) is 3.27. The summed E-state index contributed by atoms with van der Waals surface area (Å²) in [5.41, 5.74) is 6.08. The van der Waals surface area contributed by atoms with Gasteiger partial charge >= 0.3 is 0 Å². The molecule has 100 valence electrons. The van der Waals surface area contributed by atoms with Gasteiger partial charge in [0.1, 0.15) is 0 Å². The molecule has 2 fully saturated rings. The van der Waals surface area contributed by atoms with E-state index in [9.17, 15) is 0 Å². The van der Waals surface area contributed by atoms with Crippen molar-refractivity contribution in [1.82, 2.24) is 10.1 Å². The van der Waals surface area contributed by atoms with Crippen molar-refractivity contribution in [1.29, 1.82) is 0 Å². The quantitative estimate of drug-likeness (QED) is 0.900. The van der Waals surface area contributed by atoms with Crippen LogP contribution < -0.4 is 5.73 Å². The summed E-state index contributed by atoms with van der Waals surface area (Å²) in [4.78, 5) is 4.65. The third-order valence-electron chi connectivity index (χ3n) is 4.06. The molecule has 4 nitrogen and oxygen atoms in total. The van der Waals surface area contributed by atoms with Gasteiger partial charge in [-0.1, -0.05) is 11.6 Å². The van der Waals surface area contributed by atoms with Gasteiger partial charge in [-0.05, 0) is 19.8 Å². The summed E-state index contributed by atoms with van der Waals surface area (Å²) in [6, 6.07) is 0.152. The molecule has 1 aliphatic heterocycles. The summed E-state index contributed by atoms with van der Waals surface area (Å²) >= 11 is 3.91. The second-order valence-electron chi connectivity index (χ2n) is 5.31. The predicted molar refractivity (Wildman–Crippen MR) is 76.0 cm³/mol. The van der Waals surface area contributed by atoms with Gasteiger partial charge in [-0.3, -0.25) is 0 Å². The molecule has 1 aliphatic carbocycles. The Morgan fingerprint density at radius 3 is 3.00 bits per heavy atom. The van der Waals surface area contributed by atoms with Crippen LogP contribution in [0, 0.1) is 0 Å². The van der Waals surface area contributed by atoms with E-state index in [2.05, 4.69) is 17.1 Å². The molecule has 3 atom stereocenters. The van der Waals surface area contributed by atoms with Gasteiger partial charge in [0.25, 0.3) is 0 Å². The Bertz CT molecular complexity index is 419. The highest BCUT2D eigenvalue weighted by molar-refractivity contribution is 8.06. The number of rotatable bonds is 2. The number of nitrogens with zero attached hydrogens (tertiary/aromatic N) is 2. The molecule has 3 unspecified atom stereocenters. The number of hydrogen-bond donors (Lipinski definition) is 1. The van der Waals surface area contributed by atoms with Gasteiger partial charge in [0.05, 0.1) is 10.7 Å². The van der Waals surface area contributed by atoms with Crippen molar-refractivity contribution >= 4 is 23.5 Å². The Morgan fingerprint density at radius 1 is 1.44 bits per heavy atom. The lowest BCUT2D eigenvalue weighted by molar-refractivity contribution is 0.276. The van der Waals surface area contributed by atoms with E-state index < -0.39 is 0 Å². The van der Waals surface area contributed by atoms with Crippen LogP contribution in [0.1, 0.15) is 43.2 Å². The van der Waals surface area contributed by atoms with E-state index in [0.717, 1.165) is 36.7 Å². The first-order valence-corrected chi connectivity index (χ1v) is 8.69. The van der Waals surface area contributed by atoms with Crippen molar-refractivity contribution in [3.05, 3.63) is 11.7 Å². The molecule has 2 heterocycles. The Balaban J connectivity index is 1.80. The molecule has 18 heavy (non-hydrogen) atoms. The zero-order valence-corrected chi connectivity index (χ0v) is 12.2. The van der Waals surface area contributed by atoms with Gasteiger partial charge in [0.15, 0.2) is 5.82 Å². The minimum absolute atomic E-state index is 0.113. The fourth-order valence-electron chi connectivity index (χ4n) is 2.69. The number of nitrogens with two attached hydrogens (primary N) is 1. The van der Waals surface area contributed by atoms with Crippen LogP contribution in [0.2, 0.25) is 0 Å². The Kier molecular flexibility index (Phi) is 3.60. The molecule has 6 heteroatoms. The van der Waals surface area contributed by atoms with Crippen molar-refractivity contribution in [3.8, 4) is 0 Å². The minimum Gasteiger partial charge on any atom is -0.339 e.